The molecule has 3 nitrogen and oxygen atoms in total. The van der Waals surface area contributed by atoms with E-state index in [4.69, 9.17) is 17.6 Å². The molecule has 3 N–H and O–H groups in total. The van der Waals surface area contributed by atoms with Gasteiger partial charge in [-0.2, -0.15) is 0 Å². The first kappa shape index (κ1) is 7.56. The Morgan fingerprint density at radius 1 is 1.38 bits per heavy atom. The third-order valence-corrected chi connectivity index (χ3v) is 1.95. The summed E-state index contributed by atoms with van der Waals surface area (Å²) in [4.78, 5) is 3.84. The van der Waals surface area contributed by atoms with Crippen molar-refractivity contribution >= 4 is 11.7 Å². The van der Waals surface area contributed by atoms with Gasteiger partial charge in [0.15, 0.2) is 5.84 Å². The number of nitrogens with two attached hydrogens (primary N) is 1. The zero-order chi connectivity index (χ0) is 9.42. The molecule has 3 heteroatoms. The van der Waals surface area contributed by atoms with Crippen LogP contribution in [-0.2, 0) is 0 Å². The molecule has 0 fully saturated rings. The summed E-state index contributed by atoms with van der Waals surface area (Å²) in [5.74, 6) is 3.08. The molecule has 1 aromatic carbocycles. The van der Waals surface area contributed by atoms with Crippen LogP contribution in [0.2, 0.25) is 0 Å². The van der Waals surface area contributed by atoms with E-state index in [2.05, 4.69) is 10.9 Å². The molecule has 62 valence electrons. The molecule has 1 aliphatic heterocycles. The summed E-state index contributed by atoms with van der Waals surface area (Å²) >= 11 is 0. The molecule has 0 saturated heterocycles. The Labute approximate surface area is 75.8 Å². The highest BCUT2D eigenvalue weighted by molar-refractivity contribution is 6.20. The van der Waals surface area contributed by atoms with Gasteiger partial charge in [0, 0.05) is 16.7 Å². The van der Waals surface area contributed by atoms with Crippen LogP contribution in [0.1, 0.15) is 16.7 Å². The Kier molecular flexibility index (Phi) is 1.43. The lowest BCUT2D eigenvalue weighted by atomic mass is 10.1. The molecule has 0 unspecified atom stereocenters. The van der Waals surface area contributed by atoms with Crippen molar-refractivity contribution in [2.45, 2.75) is 0 Å². The van der Waals surface area contributed by atoms with Gasteiger partial charge in [0.25, 0.3) is 0 Å². The maximum atomic E-state index is 7.50. The van der Waals surface area contributed by atoms with Crippen molar-refractivity contribution in [3.05, 3.63) is 34.9 Å². The van der Waals surface area contributed by atoms with E-state index < -0.39 is 0 Å². The molecule has 0 bridgehead atoms. The molecule has 13 heavy (non-hydrogen) atoms. The lowest BCUT2D eigenvalue weighted by molar-refractivity contribution is 1.44. The van der Waals surface area contributed by atoms with E-state index in [0.29, 0.717) is 11.4 Å². The number of aliphatic imine (C=N–C) groups is 1. The molecule has 0 amide bonds. The van der Waals surface area contributed by atoms with Gasteiger partial charge in [-0.15, -0.1) is 6.42 Å². The van der Waals surface area contributed by atoms with Crippen molar-refractivity contribution in [1.82, 2.24) is 0 Å². The second-order valence-electron chi connectivity index (χ2n) is 2.75. The van der Waals surface area contributed by atoms with E-state index in [0.717, 1.165) is 11.1 Å². The first-order valence-electron chi connectivity index (χ1n) is 3.76. The third kappa shape index (κ3) is 1.00. The molecule has 1 aliphatic rings. The molecule has 2 rings (SSSR count). The first-order valence-corrected chi connectivity index (χ1v) is 3.76. The van der Waals surface area contributed by atoms with Crippen molar-refractivity contribution in [2.75, 3.05) is 0 Å². The van der Waals surface area contributed by atoms with E-state index in [1.165, 1.54) is 0 Å². The van der Waals surface area contributed by atoms with E-state index >= 15 is 0 Å². The van der Waals surface area contributed by atoms with Crippen LogP contribution >= 0.6 is 0 Å². The van der Waals surface area contributed by atoms with Crippen LogP contribution in [0.15, 0.2) is 23.2 Å². The van der Waals surface area contributed by atoms with Gasteiger partial charge >= 0.3 is 0 Å². The van der Waals surface area contributed by atoms with Crippen molar-refractivity contribution in [3.8, 4) is 12.3 Å². The lowest BCUT2D eigenvalue weighted by Crippen LogP contribution is -2.10. The SMILES string of the molecule is C#Cc1ccc2c(c1)C(=N)N=C2N. The summed E-state index contributed by atoms with van der Waals surface area (Å²) in [5, 5.41) is 7.50. The van der Waals surface area contributed by atoms with Crippen LogP contribution < -0.4 is 5.73 Å². The minimum absolute atomic E-state index is 0.185. The van der Waals surface area contributed by atoms with Gasteiger partial charge in [-0.1, -0.05) is 5.92 Å². The fourth-order valence-electron chi connectivity index (χ4n) is 1.29. The maximum Gasteiger partial charge on any atom is 0.154 e. The maximum absolute atomic E-state index is 7.50. The molecule has 0 saturated carbocycles. The lowest BCUT2D eigenvalue weighted by Gasteiger charge is -1.98. The molecule has 1 heterocycles. The highest BCUT2D eigenvalue weighted by Crippen LogP contribution is 2.17. The summed E-state index contributed by atoms with van der Waals surface area (Å²) in [7, 11) is 0. The summed E-state index contributed by atoms with van der Waals surface area (Å²) in [6.45, 7) is 0. The Morgan fingerprint density at radius 2 is 2.15 bits per heavy atom. The molecular formula is C10H7N3. The third-order valence-electron chi connectivity index (χ3n) is 1.95. The normalized spacial score (nSPS) is 13.5. The monoisotopic (exact) mass is 169 g/mol. The van der Waals surface area contributed by atoms with Crippen LogP contribution in [0.3, 0.4) is 0 Å². The quantitative estimate of drug-likeness (QED) is 0.552. The van der Waals surface area contributed by atoms with E-state index in [9.17, 15) is 0 Å². The number of nitrogens with zero attached hydrogens (tertiary/aromatic N) is 1. The molecule has 0 spiro atoms. The van der Waals surface area contributed by atoms with Gasteiger partial charge in [0.2, 0.25) is 0 Å². The smallest absolute Gasteiger partial charge is 0.154 e. The van der Waals surface area contributed by atoms with Crippen molar-refractivity contribution in [2.24, 2.45) is 10.7 Å². The number of hydrogen-bond donors (Lipinski definition) is 2. The van der Waals surface area contributed by atoms with Crippen LogP contribution in [0.4, 0.5) is 0 Å². The number of nitrogens with one attached hydrogen (secondary N) is 1. The fourth-order valence-corrected chi connectivity index (χ4v) is 1.29. The topological polar surface area (TPSA) is 62.2 Å². The van der Waals surface area contributed by atoms with Crippen LogP contribution in [0, 0.1) is 17.8 Å². The summed E-state index contributed by atoms with van der Waals surface area (Å²) in [6.07, 6.45) is 5.23. The first-order chi connectivity index (χ1) is 6.22. The molecule has 0 aliphatic carbocycles. The molecular weight excluding hydrogens is 162 g/mol. The minimum atomic E-state index is 0.185. The van der Waals surface area contributed by atoms with Crippen LogP contribution in [0.25, 0.3) is 0 Å². The van der Waals surface area contributed by atoms with Gasteiger partial charge < -0.3 is 5.73 Å². The highest BCUT2D eigenvalue weighted by Gasteiger charge is 2.17. The van der Waals surface area contributed by atoms with Gasteiger partial charge in [-0.25, -0.2) is 4.99 Å². The molecule has 1 aromatic rings. The summed E-state index contributed by atoms with van der Waals surface area (Å²) in [5.41, 5.74) is 7.84. The van der Waals surface area contributed by atoms with E-state index in [-0.39, 0.29) is 5.84 Å². The van der Waals surface area contributed by atoms with Gasteiger partial charge in [0.05, 0.1) is 0 Å². The average Bonchev–Trinajstić information content (AvgIpc) is 2.42. The Morgan fingerprint density at radius 3 is 2.85 bits per heavy atom. The Bertz CT molecular complexity index is 464. The van der Waals surface area contributed by atoms with Crippen LogP contribution in [0.5, 0.6) is 0 Å². The highest BCUT2D eigenvalue weighted by atomic mass is 14.9. The van der Waals surface area contributed by atoms with Crippen molar-refractivity contribution in [3.63, 3.8) is 0 Å². The predicted molar refractivity (Wildman–Crippen MR) is 51.9 cm³/mol. The van der Waals surface area contributed by atoms with Gasteiger partial charge in [-0.3, -0.25) is 5.41 Å². The fraction of sp³-hybridized carbons (Fsp3) is 0. The zero-order valence-corrected chi connectivity index (χ0v) is 6.83. The average molecular weight is 169 g/mol. The molecule has 0 radical (unpaired) electrons. The molecule has 0 aromatic heterocycles. The summed E-state index contributed by atoms with van der Waals surface area (Å²) in [6, 6.07) is 5.34. The number of rotatable bonds is 0. The number of benzene rings is 1. The largest absolute Gasteiger partial charge is 0.383 e. The number of hydrogen-bond acceptors (Lipinski definition) is 2. The van der Waals surface area contributed by atoms with E-state index in [1.807, 2.05) is 0 Å². The zero-order valence-electron chi connectivity index (χ0n) is 6.83. The standard InChI is InChI=1S/C10H7N3/c1-2-6-3-4-7-8(5-6)10(12)13-9(7)11/h1,3-5H,(H3,11,12,13). The summed E-state index contributed by atoms with van der Waals surface area (Å²) < 4.78 is 0. The minimum Gasteiger partial charge on any atom is -0.383 e. The Balaban J connectivity index is 2.66. The number of amidine groups is 2. The van der Waals surface area contributed by atoms with Gasteiger partial charge in [-0.05, 0) is 18.2 Å². The Hall–Kier alpha value is -2.08. The number of fused-ring (bicyclic) bond motifs is 1. The van der Waals surface area contributed by atoms with Gasteiger partial charge in [0.1, 0.15) is 5.84 Å². The van der Waals surface area contributed by atoms with E-state index in [1.54, 1.807) is 18.2 Å². The number of terminal acetylenes is 1. The second-order valence-corrected chi connectivity index (χ2v) is 2.75. The predicted octanol–water partition coefficient (Wildman–Crippen LogP) is 0.712. The molecule has 0 atom stereocenters. The van der Waals surface area contributed by atoms with Crippen LogP contribution in [-0.4, -0.2) is 11.7 Å². The second kappa shape index (κ2) is 2.46. The van der Waals surface area contributed by atoms with Crippen molar-refractivity contribution < 1.29 is 0 Å². The van der Waals surface area contributed by atoms with Crippen molar-refractivity contribution in [1.29, 1.82) is 5.41 Å².